The minimum absolute atomic E-state index is 0.565. The first-order chi connectivity index (χ1) is 8.04. The highest BCUT2D eigenvalue weighted by atomic mass is 32.2. The lowest BCUT2D eigenvalue weighted by molar-refractivity contribution is -0.0500. The molecule has 0 saturated heterocycles. The SMILES string of the molecule is CC(=O)c1cc(OS(=O)(=O)C(F)(F)F)ccc1F. The van der Waals surface area contributed by atoms with E-state index < -0.39 is 38.5 Å². The normalized spacial score (nSPS) is 12.3. The predicted octanol–water partition coefficient (Wildman–Crippen LogP) is 2.26. The van der Waals surface area contributed by atoms with Crippen LogP contribution >= 0.6 is 0 Å². The number of rotatable bonds is 3. The summed E-state index contributed by atoms with van der Waals surface area (Å²) < 4.78 is 74.1. The second-order valence-corrected chi connectivity index (χ2v) is 4.72. The van der Waals surface area contributed by atoms with Crippen molar-refractivity contribution < 1.29 is 35.0 Å². The number of hydrogen-bond acceptors (Lipinski definition) is 4. The van der Waals surface area contributed by atoms with Gasteiger partial charge in [0.1, 0.15) is 11.6 Å². The molecule has 0 bridgehead atoms. The molecule has 0 aliphatic heterocycles. The maximum Gasteiger partial charge on any atom is 0.534 e. The van der Waals surface area contributed by atoms with Gasteiger partial charge in [-0.05, 0) is 25.1 Å². The smallest absolute Gasteiger partial charge is 0.376 e. The summed E-state index contributed by atoms with van der Waals surface area (Å²) in [4.78, 5) is 10.9. The zero-order valence-electron chi connectivity index (χ0n) is 8.79. The largest absolute Gasteiger partial charge is 0.534 e. The molecule has 0 aromatic heterocycles. The summed E-state index contributed by atoms with van der Waals surface area (Å²) in [7, 11) is -5.84. The summed E-state index contributed by atoms with van der Waals surface area (Å²) in [6, 6.07) is 1.89. The maximum absolute atomic E-state index is 13.0. The van der Waals surface area contributed by atoms with Gasteiger partial charge in [0, 0.05) is 0 Å². The second kappa shape index (κ2) is 4.56. The first-order valence-electron chi connectivity index (χ1n) is 4.36. The lowest BCUT2D eigenvalue weighted by Crippen LogP contribution is -2.28. The zero-order valence-corrected chi connectivity index (χ0v) is 9.60. The highest BCUT2D eigenvalue weighted by Gasteiger charge is 2.48. The minimum atomic E-state index is -5.84. The van der Waals surface area contributed by atoms with Crippen molar-refractivity contribution in [3.63, 3.8) is 0 Å². The van der Waals surface area contributed by atoms with E-state index in [1.54, 1.807) is 0 Å². The molecule has 4 nitrogen and oxygen atoms in total. The number of Topliss-reactive ketones (excluding diaryl/α,β-unsaturated/α-hetero) is 1. The molecule has 0 atom stereocenters. The third-order valence-electron chi connectivity index (χ3n) is 1.81. The van der Waals surface area contributed by atoms with Crippen LogP contribution in [0.2, 0.25) is 0 Å². The van der Waals surface area contributed by atoms with Gasteiger partial charge in [-0.15, -0.1) is 0 Å². The Kier molecular flexibility index (Phi) is 3.65. The third kappa shape index (κ3) is 2.97. The van der Waals surface area contributed by atoms with E-state index in [-0.39, 0.29) is 0 Å². The number of ketones is 1. The maximum atomic E-state index is 13.0. The summed E-state index contributed by atoms with van der Waals surface area (Å²) in [6.45, 7) is 0.973. The van der Waals surface area contributed by atoms with Crippen LogP contribution in [0.15, 0.2) is 18.2 Å². The molecule has 0 heterocycles. The van der Waals surface area contributed by atoms with Gasteiger partial charge in [-0.25, -0.2) is 4.39 Å². The minimum Gasteiger partial charge on any atom is -0.376 e. The van der Waals surface area contributed by atoms with Crippen molar-refractivity contribution in [3.8, 4) is 5.75 Å². The van der Waals surface area contributed by atoms with E-state index in [2.05, 4.69) is 4.18 Å². The first kappa shape index (κ1) is 14.4. The molecule has 0 saturated carbocycles. The summed E-state index contributed by atoms with van der Waals surface area (Å²) in [5, 5.41) is 0. The molecule has 1 rings (SSSR count). The van der Waals surface area contributed by atoms with E-state index >= 15 is 0 Å². The van der Waals surface area contributed by atoms with Crippen molar-refractivity contribution in [2.24, 2.45) is 0 Å². The van der Waals surface area contributed by atoms with Crippen molar-refractivity contribution in [2.75, 3.05) is 0 Å². The summed E-state index contributed by atoms with van der Waals surface area (Å²) >= 11 is 0. The van der Waals surface area contributed by atoms with Crippen molar-refractivity contribution in [1.29, 1.82) is 0 Å². The van der Waals surface area contributed by atoms with Gasteiger partial charge in [0.15, 0.2) is 5.78 Å². The molecule has 0 aliphatic rings. The molecule has 0 aliphatic carbocycles. The quantitative estimate of drug-likeness (QED) is 0.370. The highest BCUT2D eigenvalue weighted by molar-refractivity contribution is 7.87. The molecule has 1 aromatic carbocycles. The zero-order chi connectivity index (χ0) is 14.1. The molecular weight excluding hydrogens is 280 g/mol. The Hall–Kier alpha value is -1.64. The van der Waals surface area contributed by atoms with Crippen molar-refractivity contribution in [2.45, 2.75) is 12.4 Å². The third-order valence-corrected chi connectivity index (χ3v) is 2.79. The molecule has 0 fully saturated rings. The average molecular weight is 286 g/mol. The van der Waals surface area contributed by atoms with Gasteiger partial charge in [-0.3, -0.25) is 4.79 Å². The van der Waals surface area contributed by atoms with E-state index in [0.717, 1.165) is 6.92 Å². The van der Waals surface area contributed by atoms with Gasteiger partial charge in [-0.2, -0.15) is 21.6 Å². The van der Waals surface area contributed by atoms with E-state index in [1.807, 2.05) is 0 Å². The van der Waals surface area contributed by atoms with Crippen LogP contribution in [-0.4, -0.2) is 19.7 Å². The molecule has 1 aromatic rings. The van der Waals surface area contributed by atoms with Crippen LogP contribution in [0.3, 0.4) is 0 Å². The predicted molar refractivity (Wildman–Crippen MR) is 52.0 cm³/mol. The number of hydrogen-bond donors (Lipinski definition) is 0. The van der Waals surface area contributed by atoms with E-state index in [9.17, 15) is 30.8 Å². The lowest BCUT2D eigenvalue weighted by atomic mass is 10.1. The van der Waals surface area contributed by atoms with Crippen molar-refractivity contribution in [1.82, 2.24) is 0 Å². The number of alkyl halides is 3. The van der Waals surface area contributed by atoms with E-state index in [1.165, 1.54) is 0 Å². The van der Waals surface area contributed by atoms with Crippen LogP contribution < -0.4 is 4.18 Å². The molecular formula is C9H6F4O4S. The van der Waals surface area contributed by atoms with Gasteiger partial charge in [0.05, 0.1) is 5.56 Å². The Morgan fingerprint density at radius 1 is 1.28 bits per heavy atom. The lowest BCUT2D eigenvalue weighted by Gasteiger charge is -2.10. The van der Waals surface area contributed by atoms with E-state index in [4.69, 9.17) is 0 Å². The summed E-state index contributed by atoms with van der Waals surface area (Å²) in [5.41, 5.74) is -6.16. The molecule has 0 N–H and O–H groups in total. The topological polar surface area (TPSA) is 60.4 Å². The van der Waals surface area contributed by atoms with Crippen LogP contribution in [0.5, 0.6) is 5.75 Å². The second-order valence-electron chi connectivity index (χ2n) is 3.18. The van der Waals surface area contributed by atoms with Crippen LogP contribution in [0.1, 0.15) is 17.3 Å². The molecule has 0 amide bonds. The number of carbonyl (C=O) groups excluding carboxylic acids is 1. The van der Waals surface area contributed by atoms with Crippen LogP contribution in [0, 0.1) is 5.82 Å². The molecule has 18 heavy (non-hydrogen) atoms. The Labute approximate surface area is 99.3 Å². The Morgan fingerprint density at radius 2 is 1.83 bits per heavy atom. The van der Waals surface area contributed by atoms with Gasteiger partial charge in [-0.1, -0.05) is 0 Å². The summed E-state index contributed by atoms with van der Waals surface area (Å²) in [5.74, 6) is -2.56. The fourth-order valence-electron chi connectivity index (χ4n) is 1.000. The Balaban J connectivity index is 3.15. The van der Waals surface area contributed by atoms with Crippen molar-refractivity contribution >= 4 is 15.9 Å². The Bertz CT molecular complexity index is 577. The Morgan fingerprint density at radius 3 is 2.28 bits per heavy atom. The average Bonchev–Trinajstić information content (AvgIpc) is 2.18. The fourth-order valence-corrected chi connectivity index (χ4v) is 1.45. The number of halogens is 4. The molecule has 100 valence electrons. The van der Waals surface area contributed by atoms with Crippen LogP contribution in [-0.2, 0) is 10.1 Å². The summed E-state index contributed by atoms with van der Waals surface area (Å²) in [6.07, 6.45) is 0. The van der Waals surface area contributed by atoms with Gasteiger partial charge in [0.25, 0.3) is 0 Å². The van der Waals surface area contributed by atoms with Crippen LogP contribution in [0.25, 0.3) is 0 Å². The highest BCUT2D eigenvalue weighted by Crippen LogP contribution is 2.27. The molecule has 0 radical (unpaired) electrons. The van der Waals surface area contributed by atoms with Gasteiger partial charge < -0.3 is 4.18 Å². The van der Waals surface area contributed by atoms with Crippen molar-refractivity contribution in [3.05, 3.63) is 29.6 Å². The molecule has 0 unspecified atom stereocenters. The first-order valence-corrected chi connectivity index (χ1v) is 5.76. The number of benzene rings is 1. The standard InChI is InChI=1S/C9H6F4O4S/c1-5(14)7-4-6(2-3-8(7)10)17-18(15,16)9(11,12)13/h2-4H,1H3. The molecule has 0 spiro atoms. The number of carbonyl (C=O) groups is 1. The van der Waals surface area contributed by atoms with Crippen LogP contribution in [0.4, 0.5) is 17.6 Å². The molecule has 9 heteroatoms. The van der Waals surface area contributed by atoms with Gasteiger partial charge in [0.2, 0.25) is 0 Å². The fraction of sp³-hybridized carbons (Fsp3) is 0.222. The monoisotopic (exact) mass is 286 g/mol. The van der Waals surface area contributed by atoms with Gasteiger partial charge >= 0.3 is 15.6 Å². The van der Waals surface area contributed by atoms with E-state index in [0.29, 0.717) is 18.2 Å².